The number of allylic oxidation sites excluding steroid dienone is 1. The number of amides is 1. The van der Waals surface area contributed by atoms with Crippen LogP contribution in [0.3, 0.4) is 0 Å². The Morgan fingerprint density at radius 3 is 3.14 bits per heavy atom. The quantitative estimate of drug-likeness (QED) is 0.776. The lowest BCUT2D eigenvalue weighted by molar-refractivity contribution is 0.0953. The lowest BCUT2D eigenvalue weighted by Crippen LogP contribution is -2.24. The zero-order valence-corrected chi connectivity index (χ0v) is 8.58. The van der Waals surface area contributed by atoms with E-state index in [9.17, 15) is 4.79 Å². The Kier molecular flexibility index (Phi) is 4.13. The fourth-order valence-corrected chi connectivity index (χ4v) is 1.05. The topological polar surface area (TPSA) is 42.0 Å². The molecule has 1 N–H and O–H groups in total. The van der Waals surface area contributed by atoms with Gasteiger partial charge in [0.1, 0.15) is 5.69 Å². The highest BCUT2D eigenvalue weighted by Gasteiger charge is 2.05. The number of halogens is 1. The van der Waals surface area contributed by atoms with Crippen molar-refractivity contribution in [2.24, 2.45) is 0 Å². The van der Waals surface area contributed by atoms with Gasteiger partial charge < -0.3 is 5.32 Å². The maximum absolute atomic E-state index is 11.4. The Morgan fingerprint density at radius 1 is 1.71 bits per heavy atom. The molecule has 0 atom stereocenters. The van der Waals surface area contributed by atoms with Crippen molar-refractivity contribution in [2.45, 2.75) is 6.92 Å². The van der Waals surface area contributed by atoms with E-state index in [-0.39, 0.29) is 5.91 Å². The summed E-state index contributed by atoms with van der Waals surface area (Å²) in [6, 6.07) is 3.16. The van der Waals surface area contributed by atoms with Crippen LogP contribution in [0, 0.1) is 0 Å². The van der Waals surface area contributed by atoms with Gasteiger partial charge in [0.2, 0.25) is 0 Å². The fraction of sp³-hybridized carbons (Fsp3) is 0.200. The maximum Gasteiger partial charge on any atom is 0.270 e. The van der Waals surface area contributed by atoms with Crippen molar-refractivity contribution in [1.82, 2.24) is 10.3 Å². The van der Waals surface area contributed by atoms with E-state index >= 15 is 0 Å². The molecule has 0 radical (unpaired) electrons. The van der Waals surface area contributed by atoms with E-state index in [0.717, 1.165) is 0 Å². The molecule has 1 aromatic rings. The molecular formula is C10H11ClN2O. The van der Waals surface area contributed by atoms with Crippen molar-refractivity contribution in [2.75, 3.05) is 6.54 Å². The molecule has 0 aliphatic carbocycles. The first-order valence-corrected chi connectivity index (χ1v) is 4.62. The van der Waals surface area contributed by atoms with Crippen LogP contribution in [0.5, 0.6) is 0 Å². The van der Waals surface area contributed by atoms with Gasteiger partial charge in [-0.25, -0.2) is 0 Å². The summed E-state index contributed by atoms with van der Waals surface area (Å²) in [5, 5.41) is 3.19. The van der Waals surface area contributed by atoms with Crippen LogP contribution < -0.4 is 5.32 Å². The van der Waals surface area contributed by atoms with Crippen molar-refractivity contribution in [3.05, 3.63) is 41.2 Å². The maximum atomic E-state index is 11.4. The molecule has 0 aliphatic heterocycles. The fourth-order valence-electron chi connectivity index (χ4n) is 0.889. The summed E-state index contributed by atoms with van der Waals surface area (Å²) in [7, 11) is 0. The van der Waals surface area contributed by atoms with Crippen LogP contribution in [-0.4, -0.2) is 17.4 Å². The first-order chi connectivity index (χ1) is 6.74. The summed E-state index contributed by atoms with van der Waals surface area (Å²) < 4.78 is 0. The van der Waals surface area contributed by atoms with E-state index in [2.05, 4.69) is 10.3 Å². The zero-order valence-electron chi connectivity index (χ0n) is 7.83. The summed E-state index contributed by atoms with van der Waals surface area (Å²) in [4.78, 5) is 15.3. The summed E-state index contributed by atoms with van der Waals surface area (Å²) in [6.07, 6.45) is 5.22. The van der Waals surface area contributed by atoms with Crippen LogP contribution in [0.25, 0.3) is 0 Å². The molecule has 0 spiro atoms. The summed E-state index contributed by atoms with van der Waals surface area (Å²) in [6.45, 7) is 2.40. The highest BCUT2D eigenvalue weighted by atomic mass is 35.5. The molecule has 74 valence electrons. The number of aromatic nitrogens is 1. The molecule has 1 heterocycles. The SMILES string of the molecule is C/C=C/CNC(=O)c1cc(Cl)ccn1. The Bertz CT molecular complexity index is 350. The number of nitrogens with one attached hydrogen (secondary N) is 1. The number of carbonyl (C=O) groups excluding carboxylic acids is 1. The lowest BCUT2D eigenvalue weighted by Gasteiger charge is -2.00. The first-order valence-electron chi connectivity index (χ1n) is 4.25. The Morgan fingerprint density at radius 2 is 2.50 bits per heavy atom. The number of hydrogen-bond acceptors (Lipinski definition) is 2. The lowest BCUT2D eigenvalue weighted by atomic mass is 10.3. The van der Waals surface area contributed by atoms with Gasteiger partial charge in [-0.2, -0.15) is 0 Å². The second kappa shape index (κ2) is 5.40. The largest absolute Gasteiger partial charge is 0.347 e. The number of hydrogen-bond donors (Lipinski definition) is 1. The van der Waals surface area contributed by atoms with E-state index in [1.165, 1.54) is 12.3 Å². The predicted molar refractivity (Wildman–Crippen MR) is 56.4 cm³/mol. The molecule has 0 saturated carbocycles. The minimum absolute atomic E-state index is 0.217. The molecule has 0 unspecified atom stereocenters. The standard InChI is InChI=1S/C10H11ClN2O/c1-2-3-5-13-10(14)9-7-8(11)4-6-12-9/h2-4,6-7H,5H2,1H3,(H,13,14)/b3-2+. The minimum Gasteiger partial charge on any atom is -0.347 e. The number of carbonyl (C=O) groups is 1. The molecule has 0 fully saturated rings. The molecule has 0 bridgehead atoms. The molecule has 3 nitrogen and oxygen atoms in total. The van der Waals surface area contributed by atoms with Crippen LogP contribution >= 0.6 is 11.6 Å². The van der Waals surface area contributed by atoms with Gasteiger partial charge in [0.15, 0.2) is 0 Å². The van der Waals surface area contributed by atoms with Gasteiger partial charge >= 0.3 is 0 Å². The second-order valence-electron chi connectivity index (χ2n) is 2.64. The highest BCUT2D eigenvalue weighted by Crippen LogP contribution is 2.07. The molecule has 1 amide bonds. The first kappa shape index (κ1) is 10.7. The number of nitrogens with zero attached hydrogens (tertiary/aromatic N) is 1. The summed E-state index contributed by atoms with van der Waals surface area (Å²) in [5.41, 5.74) is 0.335. The van der Waals surface area contributed by atoms with Gasteiger partial charge in [0.25, 0.3) is 5.91 Å². The van der Waals surface area contributed by atoms with Crippen LogP contribution in [0.15, 0.2) is 30.5 Å². The third kappa shape index (κ3) is 3.18. The van der Waals surface area contributed by atoms with Crippen LogP contribution in [-0.2, 0) is 0 Å². The third-order valence-corrected chi connectivity index (χ3v) is 1.81. The van der Waals surface area contributed by atoms with Gasteiger partial charge in [-0.1, -0.05) is 23.8 Å². The Labute approximate surface area is 87.8 Å². The molecule has 1 aromatic heterocycles. The summed E-state index contributed by atoms with van der Waals surface area (Å²) >= 11 is 5.72. The smallest absolute Gasteiger partial charge is 0.270 e. The van der Waals surface area contributed by atoms with Crippen molar-refractivity contribution in [3.8, 4) is 0 Å². The average Bonchev–Trinajstić information content (AvgIpc) is 2.18. The molecule has 0 saturated heterocycles. The van der Waals surface area contributed by atoms with Gasteiger partial charge in [-0.15, -0.1) is 0 Å². The molecule has 14 heavy (non-hydrogen) atoms. The van der Waals surface area contributed by atoms with Crippen molar-refractivity contribution >= 4 is 17.5 Å². The summed E-state index contributed by atoms with van der Waals surface area (Å²) in [5.74, 6) is -0.217. The van der Waals surface area contributed by atoms with Crippen LogP contribution in [0.4, 0.5) is 0 Å². The molecule has 0 aliphatic rings. The van der Waals surface area contributed by atoms with E-state index in [1.807, 2.05) is 19.1 Å². The van der Waals surface area contributed by atoms with E-state index in [0.29, 0.717) is 17.3 Å². The molecule has 1 rings (SSSR count). The zero-order chi connectivity index (χ0) is 10.4. The minimum atomic E-state index is -0.217. The Balaban J connectivity index is 2.60. The van der Waals surface area contributed by atoms with Gasteiger partial charge in [0, 0.05) is 17.8 Å². The molecule has 4 heteroatoms. The average molecular weight is 211 g/mol. The third-order valence-electron chi connectivity index (χ3n) is 1.57. The second-order valence-corrected chi connectivity index (χ2v) is 3.07. The molecular weight excluding hydrogens is 200 g/mol. The number of rotatable bonds is 3. The van der Waals surface area contributed by atoms with Crippen molar-refractivity contribution in [1.29, 1.82) is 0 Å². The van der Waals surface area contributed by atoms with Gasteiger partial charge in [0.05, 0.1) is 0 Å². The Hall–Kier alpha value is -1.35. The predicted octanol–water partition coefficient (Wildman–Crippen LogP) is 2.04. The van der Waals surface area contributed by atoms with E-state index in [4.69, 9.17) is 11.6 Å². The van der Waals surface area contributed by atoms with E-state index in [1.54, 1.807) is 6.07 Å². The molecule has 0 aromatic carbocycles. The monoisotopic (exact) mass is 210 g/mol. The van der Waals surface area contributed by atoms with Gasteiger partial charge in [-0.05, 0) is 19.1 Å². The van der Waals surface area contributed by atoms with Crippen molar-refractivity contribution in [3.63, 3.8) is 0 Å². The van der Waals surface area contributed by atoms with Crippen molar-refractivity contribution < 1.29 is 4.79 Å². The highest BCUT2D eigenvalue weighted by molar-refractivity contribution is 6.30. The normalized spacial score (nSPS) is 10.4. The van der Waals surface area contributed by atoms with Crippen LogP contribution in [0.1, 0.15) is 17.4 Å². The van der Waals surface area contributed by atoms with Gasteiger partial charge in [-0.3, -0.25) is 9.78 Å². The van der Waals surface area contributed by atoms with E-state index < -0.39 is 0 Å². The number of pyridine rings is 1. The van der Waals surface area contributed by atoms with Crippen LogP contribution in [0.2, 0.25) is 5.02 Å².